The van der Waals surface area contributed by atoms with Crippen LogP contribution in [0.15, 0.2) is 53.3 Å². The Balaban J connectivity index is 1.57. The Kier molecular flexibility index (Phi) is 4.69. The number of rotatable bonds is 5. The van der Waals surface area contributed by atoms with Gasteiger partial charge in [-0.05, 0) is 30.3 Å². The summed E-state index contributed by atoms with van der Waals surface area (Å²) in [5.74, 6) is 1.09. The lowest BCUT2D eigenvalue weighted by molar-refractivity contribution is 0.211. The highest BCUT2D eigenvalue weighted by Crippen LogP contribution is 2.22. The second-order valence-corrected chi connectivity index (χ2v) is 5.62. The van der Waals surface area contributed by atoms with E-state index in [0.29, 0.717) is 30.4 Å². The van der Waals surface area contributed by atoms with Gasteiger partial charge in [-0.1, -0.05) is 15.9 Å². The van der Waals surface area contributed by atoms with Gasteiger partial charge >= 0.3 is 0 Å². The number of nitrogens with zero attached hydrogens (tertiary/aromatic N) is 3. The SMILES string of the molecule is N#Cc1ccnc(OCCOc2cnc3ccc(Br)cc3c2)c1. The monoisotopic (exact) mass is 369 g/mol. The summed E-state index contributed by atoms with van der Waals surface area (Å²) in [6, 6.07) is 13.1. The zero-order valence-electron chi connectivity index (χ0n) is 12.1. The van der Waals surface area contributed by atoms with Crippen molar-refractivity contribution in [1.29, 1.82) is 5.26 Å². The third-order valence-electron chi connectivity index (χ3n) is 3.08. The van der Waals surface area contributed by atoms with E-state index in [2.05, 4.69) is 25.9 Å². The van der Waals surface area contributed by atoms with Crippen LogP contribution < -0.4 is 9.47 Å². The molecule has 0 unspecified atom stereocenters. The van der Waals surface area contributed by atoms with Gasteiger partial charge in [0.05, 0.1) is 23.3 Å². The molecule has 5 nitrogen and oxygen atoms in total. The average Bonchev–Trinajstić information content (AvgIpc) is 2.58. The molecule has 3 rings (SSSR count). The molecule has 0 aliphatic rings. The summed E-state index contributed by atoms with van der Waals surface area (Å²) < 4.78 is 12.1. The van der Waals surface area contributed by atoms with Gasteiger partial charge in [-0.3, -0.25) is 4.98 Å². The van der Waals surface area contributed by atoms with Crippen molar-refractivity contribution in [2.24, 2.45) is 0 Å². The molecule has 0 fully saturated rings. The Labute approximate surface area is 141 Å². The van der Waals surface area contributed by atoms with Crippen LogP contribution >= 0.6 is 15.9 Å². The van der Waals surface area contributed by atoms with Crippen LogP contribution in [0.25, 0.3) is 10.9 Å². The zero-order valence-corrected chi connectivity index (χ0v) is 13.7. The Morgan fingerprint density at radius 2 is 1.91 bits per heavy atom. The van der Waals surface area contributed by atoms with E-state index in [4.69, 9.17) is 14.7 Å². The normalized spacial score (nSPS) is 10.3. The Morgan fingerprint density at radius 3 is 2.78 bits per heavy atom. The van der Waals surface area contributed by atoms with Gasteiger partial charge < -0.3 is 9.47 Å². The van der Waals surface area contributed by atoms with Crippen molar-refractivity contribution in [3.8, 4) is 17.7 Å². The van der Waals surface area contributed by atoms with Crippen LogP contribution in [0, 0.1) is 11.3 Å². The van der Waals surface area contributed by atoms with E-state index in [1.54, 1.807) is 24.5 Å². The number of nitriles is 1. The maximum atomic E-state index is 8.82. The topological polar surface area (TPSA) is 68.0 Å². The summed E-state index contributed by atoms with van der Waals surface area (Å²) in [4.78, 5) is 8.38. The molecular formula is C17H12BrN3O2. The molecule has 0 radical (unpaired) electrons. The van der Waals surface area contributed by atoms with Crippen LogP contribution in [-0.4, -0.2) is 23.2 Å². The summed E-state index contributed by atoms with van der Waals surface area (Å²) in [6.45, 7) is 0.693. The molecule has 0 spiro atoms. The number of fused-ring (bicyclic) bond motifs is 1. The fourth-order valence-electron chi connectivity index (χ4n) is 2.02. The maximum Gasteiger partial charge on any atom is 0.214 e. The highest BCUT2D eigenvalue weighted by molar-refractivity contribution is 9.10. The molecule has 114 valence electrons. The van der Waals surface area contributed by atoms with Crippen LogP contribution in [0.4, 0.5) is 0 Å². The molecule has 0 bridgehead atoms. The highest BCUT2D eigenvalue weighted by atomic mass is 79.9. The number of pyridine rings is 2. The molecule has 2 aromatic heterocycles. The summed E-state index contributed by atoms with van der Waals surface area (Å²) >= 11 is 3.44. The van der Waals surface area contributed by atoms with Crippen LogP contribution in [0.2, 0.25) is 0 Å². The minimum atomic E-state index is 0.332. The molecule has 6 heteroatoms. The average molecular weight is 370 g/mol. The van der Waals surface area contributed by atoms with Crippen molar-refractivity contribution in [2.75, 3.05) is 13.2 Å². The largest absolute Gasteiger partial charge is 0.488 e. The van der Waals surface area contributed by atoms with Crippen LogP contribution in [0.5, 0.6) is 11.6 Å². The number of benzene rings is 1. The highest BCUT2D eigenvalue weighted by Gasteiger charge is 2.01. The molecule has 0 amide bonds. The van der Waals surface area contributed by atoms with E-state index in [-0.39, 0.29) is 0 Å². The second-order valence-electron chi connectivity index (χ2n) is 4.70. The molecule has 0 aliphatic heterocycles. The molecule has 2 heterocycles. The Hall–Kier alpha value is -2.65. The number of halogens is 1. The van der Waals surface area contributed by atoms with E-state index in [1.165, 1.54) is 0 Å². The molecule has 0 saturated carbocycles. The molecule has 0 aliphatic carbocycles. The molecule has 0 N–H and O–H groups in total. The smallest absolute Gasteiger partial charge is 0.214 e. The van der Waals surface area contributed by atoms with Gasteiger partial charge in [0.15, 0.2) is 0 Å². The molecule has 3 aromatic rings. The van der Waals surface area contributed by atoms with Crippen LogP contribution in [-0.2, 0) is 0 Å². The number of ether oxygens (including phenoxy) is 2. The summed E-state index contributed by atoms with van der Waals surface area (Å²) in [5.41, 5.74) is 1.43. The molecule has 0 saturated heterocycles. The fraction of sp³-hybridized carbons (Fsp3) is 0.118. The predicted octanol–water partition coefficient (Wildman–Crippen LogP) is 3.72. The van der Waals surface area contributed by atoms with E-state index in [0.717, 1.165) is 15.4 Å². The minimum absolute atomic E-state index is 0.332. The molecule has 23 heavy (non-hydrogen) atoms. The Bertz CT molecular complexity index is 877. The number of hydrogen-bond donors (Lipinski definition) is 0. The van der Waals surface area contributed by atoms with Crippen molar-refractivity contribution in [2.45, 2.75) is 0 Å². The first-order valence-electron chi connectivity index (χ1n) is 6.92. The first-order valence-corrected chi connectivity index (χ1v) is 7.71. The van der Waals surface area contributed by atoms with Crippen LogP contribution in [0.1, 0.15) is 5.56 Å². The van der Waals surface area contributed by atoms with E-state index >= 15 is 0 Å². The van der Waals surface area contributed by atoms with Gasteiger partial charge in [-0.25, -0.2) is 4.98 Å². The van der Waals surface area contributed by atoms with Gasteiger partial charge in [-0.2, -0.15) is 5.26 Å². The minimum Gasteiger partial charge on any atom is -0.488 e. The van der Waals surface area contributed by atoms with Gasteiger partial charge in [0.1, 0.15) is 19.0 Å². The predicted molar refractivity (Wildman–Crippen MR) is 89.4 cm³/mol. The summed E-state index contributed by atoms with van der Waals surface area (Å²) in [6.07, 6.45) is 3.23. The zero-order chi connectivity index (χ0) is 16.1. The van der Waals surface area contributed by atoms with Crippen molar-refractivity contribution in [3.63, 3.8) is 0 Å². The third-order valence-corrected chi connectivity index (χ3v) is 3.58. The molecular weight excluding hydrogens is 358 g/mol. The van der Waals surface area contributed by atoms with Gasteiger partial charge in [0.2, 0.25) is 5.88 Å². The van der Waals surface area contributed by atoms with E-state index in [1.807, 2.05) is 30.3 Å². The van der Waals surface area contributed by atoms with Gasteiger partial charge in [0.25, 0.3) is 0 Å². The van der Waals surface area contributed by atoms with Crippen molar-refractivity contribution in [1.82, 2.24) is 9.97 Å². The van der Waals surface area contributed by atoms with E-state index in [9.17, 15) is 0 Å². The fourth-order valence-corrected chi connectivity index (χ4v) is 2.40. The molecule has 0 atom stereocenters. The lowest BCUT2D eigenvalue weighted by Crippen LogP contribution is -2.09. The lowest BCUT2D eigenvalue weighted by atomic mass is 10.2. The van der Waals surface area contributed by atoms with Crippen LogP contribution in [0.3, 0.4) is 0 Å². The van der Waals surface area contributed by atoms with Gasteiger partial charge in [0, 0.05) is 22.1 Å². The Morgan fingerprint density at radius 1 is 1.04 bits per heavy atom. The van der Waals surface area contributed by atoms with Crippen molar-refractivity contribution < 1.29 is 9.47 Å². The number of hydrogen-bond acceptors (Lipinski definition) is 5. The first-order chi connectivity index (χ1) is 11.2. The van der Waals surface area contributed by atoms with E-state index < -0.39 is 0 Å². The van der Waals surface area contributed by atoms with Gasteiger partial charge in [-0.15, -0.1) is 0 Å². The maximum absolute atomic E-state index is 8.82. The first kappa shape index (κ1) is 15.3. The molecule has 1 aromatic carbocycles. The lowest BCUT2D eigenvalue weighted by Gasteiger charge is -2.08. The second kappa shape index (κ2) is 7.07. The number of aromatic nitrogens is 2. The quantitative estimate of drug-likeness (QED) is 0.641. The standard InChI is InChI=1S/C17H12BrN3O2/c18-14-1-2-16-13(8-14)9-15(11-21-16)22-5-6-23-17-7-12(10-19)3-4-20-17/h1-4,7-9,11H,5-6H2. The third kappa shape index (κ3) is 3.96. The van der Waals surface area contributed by atoms with Crippen molar-refractivity contribution >= 4 is 26.8 Å². The van der Waals surface area contributed by atoms with Crippen molar-refractivity contribution in [3.05, 3.63) is 58.8 Å². The summed E-state index contributed by atoms with van der Waals surface area (Å²) in [5, 5.41) is 9.82. The summed E-state index contributed by atoms with van der Waals surface area (Å²) in [7, 11) is 0.